The van der Waals surface area contributed by atoms with Crippen LogP contribution < -0.4 is 0 Å². The average molecular weight is 225 g/mol. The van der Waals surface area contributed by atoms with Gasteiger partial charge in [0, 0.05) is 32.5 Å². The van der Waals surface area contributed by atoms with Crippen molar-refractivity contribution in [2.75, 3.05) is 14.1 Å². The topological polar surface area (TPSA) is 36.4 Å². The molecular weight excluding hydrogens is 210 g/mol. The van der Waals surface area contributed by atoms with E-state index in [2.05, 4.69) is 17.8 Å². The van der Waals surface area contributed by atoms with E-state index >= 15 is 0 Å². The monoisotopic (exact) mass is 225 g/mol. The van der Waals surface area contributed by atoms with Gasteiger partial charge in [0.05, 0.1) is 0 Å². The van der Waals surface area contributed by atoms with Crippen LogP contribution in [-0.4, -0.2) is 34.3 Å². The number of urea groups is 1. The molecule has 1 aromatic rings. The molecule has 1 aromatic heterocycles. The number of hydrogen-bond acceptors (Lipinski definition) is 3. The number of amides is 2. The minimum absolute atomic E-state index is 0.140. The molecule has 4 nitrogen and oxygen atoms in total. The van der Waals surface area contributed by atoms with Gasteiger partial charge in [0.2, 0.25) is 0 Å². The Labute approximate surface area is 95.4 Å². The number of pyridine rings is 1. The summed E-state index contributed by atoms with van der Waals surface area (Å²) < 4.78 is 1.25. The normalized spacial score (nSPS) is 9.87. The highest BCUT2D eigenvalue weighted by Crippen LogP contribution is 2.05. The van der Waals surface area contributed by atoms with Crippen LogP contribution in [-0.2, 0) is 6.54 Å². The average Bonchev–Trinajstić information content (AvgIpc) is 2.20. The van der Waals surface area contributed by atoms with Crippen molar-refractivity contribution in [2.45, 2.75) is 13.5 Å². The Kier molecular flexibility index (Phi) is 3.96. The Bertz CT molecular complexity index is 337. The van der Waals surface area contributed by atoms with E-state index < -0.39 is 0 Å². The van der Waals surface area contributed by atoms with Crippen molar-refractivity contribution in [3.05, 3.63) is 29.6 Å². The van der Waals surface area contributed by atoms with Crippen molar-refractivity contribution >= 4 is 18.8 Å². The number of aromatic nitrogens is 1. The van der Waals surface area contributed by atoms with Crippen molar-refractivity contribution in [3.63, 3.8) is 0 Å². The zero-order chi connectivity index (χ0) is 11.4. The van der Waals surface area contributed by atoms with Crippen LogP contribution in [0.1, 0.15) is 11.3 Å². The van der Waals surface area contributed by atoms with Gasteiger partial charge in [0.15, 0.2) is 0 Å². The summed E-state index contributed by atoms with van der Waals surface area (Å²) in [5.74, 6) is 0. The molecule has 0 aliphatic rings. The molecule has 0 aromatic carbocycles. The fraction of sp³-hybridized carbons (Fsp3) is 0.400. The summed E-state index contributed by atoms with van der Waals surface area (Å²) in [5, 5.41) is 0. The van der Waals surface area contributed by atoms with Crippen LogP contribution in [0.25, 0.3) is 0 Å². The van der Waals surface area contributed by atoms with Crippen molar-refractivity contribution in [2.24, 2.45) is 0 Å². The highest BCUT2D eigenvalue weighted by atomic mass is 32.1. The first-order chi connectivity index (χ1) is 7.00. The van der Waals surface area contributed by atoms with Gasteiger partial charge in [-0.2, -0.15) is 0 Å². The molecule has 0 radical (unpaired) electrons. The van der Waals surface area contributed by atoms with E-state index in [1.54, 1.807) is 25.2 Å². The number of carbonyl (C=O) groups is 1. The Balaban J connectivity index is 2.62. The molecule has 5 heteroatoms. The van der Waals surface area contributed by atoms with E-state index in [4.69, 9.17) is 0 Å². The van der Waals surface area contributed by atoms with E-state index in [0.29, 0.717) is 6.54 Å². The predicted octanol–water partition coefficient (Wildman–Crippen LogP) is 1.72. The molecule has 15 heavy (non-hydrogen) atoms. The van der Waals surface area contributed by atoms with Crippen LogP contribution in [0.4, 0.5) is 4.79 Å². The number of hydrogen-bond donors (Lipinski definition) is 1. The van der Waals surface area contributed by atoms with Crippen LogP contribution in [0.2, 0.25) is 0 Å². The van der Waals surface area contributed by atoms with Gasteiger partial charge in [0.1, 0.15) is 0 Å². The Morgan fingerprint density at radius 1 is 1.47 bits per heavy atom. The summed E-state index contributed by atoms with van der Waals surface area (Å²) in [7, 11) is 3.34. The van der Waals surface area contributed by atoms with Crippen LogP contribution in [0.15, 0.2) is 18.3 Å². The second-order valence-electron chi connectivity index (χ2n) is 3.47. The van der Waals surface area contributed by atoms with E-state index in [1.165, 1.54) is 4.31 Å². The van der Waals surface area contributed by atoms with Gasteiger partial charge in [-0.25, -0.2) is 4.79 Å². The van der Waals surface area contributed by atoms with Crippen molar-refractivity contribution < 1.29 is 4.79 Å². The van der Waals surface area contributed by atoms with Crippen LogP contribution in [0.3, 0.4) is 0 Å². The molecule has 0 atom stereocenters. The molecule has 0 bridgehead atoms. The van der Waals surface area contributed by atoms with E-state index in [9.17, 15) is 4.79 Å². The summed E-state index contributed by atoms with van der Waals surface area (Å²) in [5.41, 5.74) is 1.98. The third-order valence-corrected chi connectivity index (χ3v) is 2.17. The maximum Gasteiger partial charge on any atom is 0.329 e. The third kappa shape index (κ3) is 3.43. The summed E-state index contributed by atoms with van der Waals surface area (Å²) in [4.78, 5) is 17.2. The lowest BCUT2D eigenvalue weighted by Gasteiger charge is -2.20. The Hall–Kier alpha value is -1.23. The van der Waals surface area contributed by atoms with Crippen molar-refractivity contribution in [1.29, 1.82) is 0 Å². The predicted molar refractivity (Wildman–Crippen MR) is 62.6 cm³/mol. The van der Waals surface area contributed by atoms with Gasteiger partial charge in [0.25, 0.3) is 0 Å². The number of thiol groups is 1. The van der Waals surface area contributed by atoms with Crippen molar-refractivity contribution in [3.8, 4) is 0 Å². The van der Waals surface area contributed by atoms with Crippen LogP contribution >= 0.6 is 12.8 Å². The number of rotatable bonds is 2. The molecule has 0 saturated heterocycles. The number of aryl methyl sites for hydroxylation is 1. The molecule has 0 aliphatic heterocycles. The lowest BCUT2D eigenvalue weighted by molar-refractivity contribution is 0.195. The SMILES string of the molecule is Cc1ccc(CN(C)C(=O)N(C)S)cn1. The second-order valence-corrected chi connectivity index (χ2v) is 4.07. The fourth-order valence-electron chi connectivity index (χ4n) is 1.18. The summed E-state index contributed by atoms with van der Waals surface area (Å²) in [6.07, 6.45) is 1.78. The first-order valence-corrected chi connectivity index (χ1v) is 5.00. The molecule has 0 unspecified atom stereocenters. The maximum atomic E-state index is 11.5. The quantitative estimate of drug-likeness (QED) is 0.778. The summed E-state index contributed by atoms with van der Waals surface area (Å²) >= 11 is 3.94. The molecule has 2 amide bonds. The lowest BCUT2D eigenvalue weighted by atomic mass is 10.2. The molecule has 0 spiro atoms. The minimum atomic E-state index is -0.140. The van der Waals surface area contributed by atoms with Gasteiger partial charge < -0.3 is 4.90 Å². The Morgan fingerprint density at radius 2 is 2.13 bits per heavy atom. The molecule has 0 saturated carbocycles. The first-order valence-electron chi connectivity index (χ1n) is 4.60. The van der Waals surface area contributed by atoms with Gasteiger partial charge in [-0.1, -0.05) is 18.9 Å². The van der Waals surface area contributed by atoms with Crippen LogP contribution in [0.5, 0.6) is 0 Å². The van der Waals surface area contributed by atoms with Gasteiger partial charge in [-0.05, 0) is 18.6 Å². The minimum Gasteiger partial charge on any atom is -0.323 e. The second kappa shape index (κ2) is 5.02. The molecule has 0 fully saturated rings. The standard InChI is InChI=1S/C10H15N3OS/c1-8-4-5-9(6-11-8)7-12(2)10(14)13(3)15/h4-6,15H,7H2,1-3H3. The van der Waals surface area contributed by atoms with E-state index in [0.717, 1.165) is 11.3 Å². The summed E-state index contributed by atoms with van der Waals surface area (Å²) in [6, 6.07) is 3.75. The van der Waals surface area contributed by atoms with E-state index in [-0.39, 0.29) is 6.03 Å². The third-order valence-electron chi connectivity index (χ3n) is 2.00. The first kappa shape index (κ1) is 11.8. The van der Waals surface area contributed by atoms with E-state index in [1.807, 2.05) is 19.1 Å². The maximum absolute atomic E-state index is 11.5. The molecule has 0 N–H and O–H groups in total. The zero-order valence-corrected chi connectivity index (χ0v) is 10.0. The molecule has 1 heterocycles. The molecule has 82 valence electrons. The van der Waals surface area contributed by atoms with Gasteiger partial charge >= 0.3 is 6.03 Å². The molecule has 1 rings (SSSR count). The van der Waals surface area contributed by atoms with Gasteiger partial charge in [-0.3, -0.25) is 9.29 Å². The summed E-state index contributed by atoms with van der Waals surface area (Å²) in [6.45, 7) is 2.47. The molecular formula is C10H15N3OS. The highest BCUT2D eigenvalue weighted by Gasteiger charge is 2.11. The zero-order valence-electron chi connectivity index (χ0n) is 9.14. The van der Waals surface area contributed by atoms with Crippen molar-refractivity contribution in [1.82, 2.24) is 14.2 Å². The lowest BCUT2D eigenvalue weighted by Crippen LogP contribution is -2.33. The Morgan fingerprint density at radius 3 is 2.60 bits per heavy atom. The largest absolute Gasteiger partial charge is 0.329 e. The molecule has 0 aliphatic carbocycles. The van der Waals surface area contributed by atoms with Gasteiger partial charge in [-0.15, -0.1) is 0 Å². The fourth-order valence-corrected chi connectivity index (χ4v) is 1.33. The number of nitrogens with zero attached hydrogens (tertiary/aromatic N) is 3. The van der Waals surface area contributed by atoms with Crippen LogP contribution in [0, 0.1) is 6.92 Å². The smallest absolute Gasteiger partial charge is 0.323 e. The number of carbonyl (C=O) groups excluding carboxylic acids is 1. The highest BCUT2D eigenvalue weighted by molar-refractivity contribution is 7.78.